The van der Waals surface area contributed by atoms with Gasteiger partial charge in [-0.2, -0.15) is 4.98 Å². The quantitative estimate of drug-likeness (QED) is 0.332. The third-order valence-corrected chi connectivity index (χ3v) is 7.18. The van der Waals surface area contributed by atoms with Crippen molar-refractivity contribution in [3.8, 4) is 11.8 Å². The molecule has 6 rings (SSSR count). The molecule has 1 fully saturated rings. The topological polar surface area (TPSA) is 115 Å². The van der Waals surface area contributed by atoms with Crippen LogP contribution < -0.4 is 16.2 Å². The number of hydrogen-bond donors (Lipinski definition) is 2. The number of rotatable bonds is 5. The second-order valence-electron chi connectivity index (χ2n) is 9.91. The van der Waals surface area contributed by atoms with E-state index in [1.54, 1.807) is 40.0 Å². The van der Waals surface area contributed by atoms with Gasteiger partial charge in [0, 0.05) is 55.7 Å². The van der Waals surface area contributed by atoms with Crippen molar-refractivity contribution in [1.82, 2.24) is 39.4 Å². The Bertz CT molecular complexity index is 1790. The van der Waals surface area contributed by atoms with E-state index in [0.29, 0.717) is 40.0 Å². The number of aromatic nitrogens is 7. The molecule has 5 aromatic rings. The summed E-state index contributed by atoms with van der Waals surface area (Å²) in [6.07, 6.45) is 10.8. The molecule has 0 aliphatic carbocycles. The Morgan fingerprint density at radius 2 is 1.93 bits per heavy atom. The maximum atomic E-state index is 13.7. The number of imidazole rings is 1. The van der Waals surface area contributed by atoms with Crippen LogP contribution in [0.25, 0.3) is 11.0 Å². The molecule has 0 saturated carbocycles. The van der Waals surface area contributed by atoms with Crippen LogP contribution in [0.5, 0.6) is 0 Å². The van der Waals surface area contributed by atoms with E-state index in [0.717, 1.165) is 24.5 Å². The summed E-state index contributed by atoms with van der Waals surface area (Å²) in [4.78, 5) is 36.0. The van der Waals surface area contributed by atoms with Crippen molar-refractivity contribution in [3.63, 3.8) is 0 Å². The van der Waals surface area contributed by atoms with Crippen LogP contribution in [0, 0.1) is 18.8 Å². The first-order chi connectivity index (χ1) is 19.5. The van der Waals surface area contributed by atoms with Crippen LogP contribution in [0.3, 0.4) is 0 Å². The van der Waals surface area contributed by atoms with Crippen molar-refractivity contribution in [2.75, 3.05) is 18.4 Å². The number of nitrogens with zero attached hydrogens (tertiary/aromatic N) is 7. The number of anilines is 2. The Balaban J connectivity index is 1.37. The number of nitrogens with one attached hydrogen (secondary N) is 2. The van der Waals surface area contributed by atoms with Crippen LogP contribution in [-0.2, 0) is 13.6 Å². The van der Waals surface area contributed by atoms with E-state index in [2.05, 4.69) is 54.5 Å². The lowest BCUT2D eigenvalue weighted by atomic mass is 9.92. The lowest BCUT2D eigenvalue weighted by Crippen LogP contribution is -2.28. The zero-order valence-corrected chi connectivity index (χ0v) is 22.4. The zero-order valence-electron chi connectivity index (χ0n) is 22.4. The van der Waals surface area contributed by atoms with Gasteiger partial charge in [-0.25, -0.2) is 9.97 Å². The first-order valence-electron chi connectivity index (χ1n) is 13.3. The molecule has 10 nitrogen and oxygen atoms in total. The predicted molar refractivity (Wildman–Crippen MR) is 153 cm³/mol. The van der Waals surface area contributed by atoms with Crippen LogP contribution >= 0.6 is 0 Å². The molecule has 0 amide bonds. The average molecular weight is 532 g/mol. The molecular weight excluding hydrogens is 502 g/mol. The third-order valence-electron chi connectivity index (χ3n) is 7.18. The van der Waals surface area contributed by atoms with Gasteiger partial charge < -0.3 is 15.2 Å². The highest BCUT2D eigenvalue weighted by atomic mass is 16.1. The van der Waals surface area contributed by atoms with Crippen LogP contribution in [0.1, 0.15) is 47.1 Å². The molecule has 1 aliphatic rings. The fourth-order valence-corrected chi connectivity index (χ4v) is 4.91. The normalized spacial score (nSPS) is 15.0. The molecule has 200 valence electrons. The zero-order chi connectivity index (χ0) is 27.5. The van der Waals surface area contributed by atoms with E-state index >= 15 is 0 Å². The van der Waals surface area contributed by atoms with Crippen molar-refractivity contribution in [3.05, 3.63) is 100 Å². The second-order valence-corrected chi connectivity index (χ2v) is 9.91. The van der Waals surface area contributed by atoms with Crippen molar-refractivity contribution in [2.24, 2.45) is 7.05 Å². The van der Waals surface area contributed by atoms with E-state index in [4.69, 9.17) is 4.98 Å². The smallest absolute Gasteiger partial charge is 0.268 e. The first kappa shape index (κ1) is 25.4. The summed E-state index contributed by atoms with van der Waals surface area (Å²) in [5.74, 6) is 7.49. The maximum Gasteiger partial charge on any atom is 0.268 e. The fourth-order valence-electron chi connectivity index (χ4n) is 4.91. The highest BCUT2D eigenvalue weighted by molar-refractivity contribution is 5.77. The van der Waals surface area contributed by atoms with Crippen molar-refractivity contribution in [1.29, 1.82) is 0 Å². The molecule has 1 unspecified atom stereocenters. The molecule has 2 N–H and O–H groups in total. The van der Waals surface area contributed by atoms with E-state index < -0.39 is 0 Å². The van der Waals surface area contributed by atoms with Crippen LogP contribution in [0.4, 0.5) is 11.6 Å². The fraction of sp³-hybridized carbons (Fsp3) is 0.267. The number of hydrogen-bond acceptors (Lipinski definition) is 8. The van der Waals surface area contributed by atoms with Crippen molar-refractivity contribution in [2.45, 2.75) is 32.2 Å². The van der Waals surface area contributed by atoms with Gasteiger partial charge in [0.15, 0.2) is 5.82 Å². The van der Waals surface area contributed by atoms with Gasteiger partial charge in [0.1, 0.15) is 5.65 Å². The average Bonchev–Trinajstić information content (AvgIpc) is 3.40. The van der Waals surface area contributed by atoms with Gasteiger partial charge >= 0.3 is 0 Å². The lowest BCUT2D eigenvalue weighted by molar-refractivity contribution is 0.461. The summed E-state index contributed by atoms with van der Waals surface area (Å²) in [6, 6.07) is 10.1. The Morgan fingerprint density at radius 1 is 1.07 bits per heavy atom. The van der Waals surface area contributed by atoms with Gasteiger partial charge in [-0.1, -0.05) is 18.1 Å². The second kappa shape index (κ2) is 11.1. The minimum atomic E-state index is -0.269. The standard InChI is InChI=1S/C30H29N9O/c1-20-26(33-13-12-32-20)19-39-28-24(16-22(29(39)40)7-10-27-34-14-15-38(27)2)18-35-30(37-28)36-25-8-5-21(6-9-25)23-4-3-11-31-17-23/h5-6,8-9,12-16,18,23,31H,3-4,11,17,19H2,1-2H3,(H,35,36,37). The van der Waals surface area contributed by atoms with Gasteiger partial charge in [-0.3, -0.25) is 19.3 Å². The molecule has 1 aromatic carbocycles. The number of fused-ring (bicyclic) bond motifs is 1. The molecule has 0 bridgehead atoms. The van der Waals surface area contributed by atoms with E-state index in [-0.39, 0.29) is 12.1 Å². The molecule has 4 aromatic heterocycles. The van der Waals surface area contributed by atoms with Gasteiger partial charge in [0.05, 0.1) is 23.5 Å². The molecule has 1 atom stereocenters. The largest absolute Gasteiger partial charge is 0.327 e. The molecule has 10 heteroatoms. The Kier molecular flexibility index (Phi) is 7.04. The number of aryl methyl sites for hydroxylation is 2. The van der Waals surface area contributed by atoms with Crippen LogP contribution in [0.2, 0.25) is 0 Å². The van der Waals surface area contributed by atoms with E-state index in [9.17, 15) is 4.79 Å². The molecule has 0 radical (unpaired) electrons. The Hall–Kier alpha value is -4.88. The van der Waals surface area contributed by atoms with Gasteiger partial charge in [0.2, 0.25) is 5.95 Å². The van der Waals surface area contributed by atoms with Crippen molar-refractivity contribution < 1.29 is 0 Å². The summed E-state index contributed by atoms with van der Waals surface area (Å²) in [5, 5.41) is 7.46. The first-order valence-corrected chi connectivity index (χ1v) is 13.3. The number of pyridine rings is 1. The SMILES string of the molecule is Cc1nccnc1Cn1c(=O)c(C#Cc2nccn2C)cc2cnc(Nc3ccc(C4CCCNC4)cc3)nc21. The van der Waals surface area contributed by atoms with E-state index in [1.165, 1.54) is 18.4 Å². The predicted octanol–water partition coefficient (Wildman–Crippen LogP) is 3.28. The van der Waals surface area contributed by atoms with Gasteiger partial charge in [-0.05, 0) is 61.9 Å². The van der Waals surface area contributed by atoms with Crippen molar-refractivity contribution >= 4 is 22.7 Å². The summed E-state index contributed by atoms with van der Waals surface area (Å²) in [7, 11) is 1.86. The van der Waals surface area contributed by atoms with Gasteiger partial charge in [-0.15, -0.1) is 0 Å². The molecule has 40 heavy (non-hydrogen) atoms. The minimum Gasteiger partial charge on any atom is -0.327 e. The Morgan fingerprint density at radius 3 is 2.67 bits per heavy atom. The van der Waals surface area contributed by atoms with Crippen LogP contribution in [0.15, 0.2) is 66.1 Å². The minimum absolute atomic E-state index is 0.202. The monoisotopic (exact) mass is 531 g/mol. The third kappa shape index (κ3) is 5.32. The summed E-state index contributed by atoms with van der Waals surface area (Å²) < 4.78 is 3.38. The molecule has 5 heterocycles. The van der Waals surface area contributed by atoms with Crippen LogP contribution in [-0.4, -0.2) is 47.1 Å². The number of benzene rings is 1. The summed E-state index contributed by atoms with van der Waals surface area (Å²) in [6.45, 7) is 4.18. The molecule has 1 aliphatic heterocycles. The highest BCUT2D eigenvalue weighted by Crippen LogP contribution is 2.25. The van der Waals surface area contributed by atoms with E-state index in [1.807, 2.05) is 32.3 Å². The number of piperidine rings is 1. The highest BCUT2D eigenvalue weighted by Gasteiger charge is 2.16. The molecule has 0 spiro atoms. The lowest BCUT2D eigenvalue weighted by Gasteiger charge is -2.23. The maximum absolute atomic E-state index is 13.7. The summed E-state index contributed by atoms with van der Waals surface area (Å²) >= 11 is 0. The molecular formula is C30H29N9O. The molecule has 1 saturated heterocycles. The van der Waals surface area contributed by atoms with Gasteiger partial charge in [0.25, 0.3) is 5.56 Å². The Labute approximate surface area is 231 Å². The summed E-state index contributed by atoms with van der Waals surface area (Å²) in [5.41, 5.74) is 4.17.